The molecule has 3 aromatic heterocycles. The van der Waals surface area contributed by atoms with Crippen LogP contribution in [0.3, 0.4) is 0 Å². The van der Waals surface area contributed by atoms with Crippen molar-refractivity contribution in [1.29, 1.82) is 0 Å². The number of nitrogens with zero attached hydrogens (tertiary/aromatic N) is 5. The molecule has 1 aromatic carbocycles. The number of pyridine rings is 1. The molecule has 0 unspecified atom stereocenters. The van der Waals surface area contributed by atoms with Gasteiger partial charge in [0.2, 0.25) is 6.42 Å². The van der Waals surface area contributed by atoms with Gasteiger partial charge in [-0.15, -0.1) is 24.8 Å². The summed E-state index contributed by atoms with van der Waals surface area (Å²) in [6.45, 7) is 4.53. The molecule has 1 radical (unpaired) electrons. The van der Waals surface area contributed by atoms with Crippen LogP contribution in [0.2, 0.25) is 12.6 Å². The van der Waals surface area contributed by atoms with Crippen LogP contribution in [0.15, 0.2) is 74.0 Å². The average molecular weight is 616 g/mol. The van der Waals surface area contributed by atoms with Gasteiger partial charge in [-0.3, -0.25) is 8.78 Å². The molecule has 171 valence electrons. The van der Waals surface area contributed by atoms with E-state index in [1.165, 1.54) is 0 Å². The molecule has 0 bridgehead atoms. The standard InChI is InChI=1S/C12H22BN4.C11H6F2N.Ir/c1-5-13(6-2,16-9-7-14(3)11-16)17-10-8-15(4)12-17;12-8-4-5-9(10(13)7-8)11-3-1-2-6-14-11;/h7-12H,5-6H2,1-4H3;1-4,6-7H;/q+1;-1;. The van der Waals surface area contributed by atoms with Gasteiger partial charge in [0.15, 0.2) is 12.4 Å². The van der Waals surface area contributed by atoms with Crippen molar-refractivity contribution in [3.05, 3.63) is 91.7 Å². The summed E-state index contributed by atoms with van der Waals surface area (Å²) in [5.74, 6) is -1.29. The van der Waals surface area contributed by atoms with E-state index in [0.29, 0.717) is 5.69 Å². The third kappa shape index (κ3) is 5.58. The van der Waals surface area contributed by atoms with Crippen LogP contribution < -0.4 is 0 Å². The zero-order chi connectivity index (χ0) is 22.4. The molecule has 0 aliphatic carbocycles. The van der Waals surface area contributed by atoms with Crippen LogP contribution in [-0.2, 0) is 34.2 Å². The van der Waals surface area contributed by atoms with Gasteiger partial charge in [-0.2, -0.15) is 0 Å². The van der Waals surface area contributed by atoms with E-state index in [1.807, 2.05) is 0 Å². The molecule has 4 rings (SSSR count). The van der Waals surface area contributed by atoms with Gasteiger partial charge < -0.3 is 13.9 Å². The number of hydrogen-bond acceptors (Lipinski definition) is 1. The second-order valence-electron chi connectivity index (χ2n) is 7.76. The summed E-state index contributed by atoms with van der Waals surface area (Å²) in [4.78, 5) is 3.95. The molecule has 9 heteroatoms. The zero-order valence-corrected chi connectivity index (χ0v) is 21.1. The van der Waals surface area contributed by atoms with Crippen molar-refractivity contribution in [3.63, 3.8) is 0 Å². The van der Waals surface area contributed by atoms with Crippen molar-refractivity contribution in [1.82, 2.24) is 23.1 Å². The van der Waals surface area contributed by atoms with Crippen LogP contribution in [0.25, 0.3) is 11.3 Å². The number of aryl methyl sites for hydroxylation is 2. The summed E-state index contributed by atoms with van der Waals surface area (Å²) < 4.78 is 34.7. The molecule has 0 aliphatic heterocycles. The van der Waals surface area contributed by atoms with Crippen LogP contribution in [0.1, 0.15) is 13.8 Å². The minimum Gasteiger partial charge on any atom is -0.375 e. The normalized spacial score (nSPS) is 10.8. The van der Waals surface area contributed by atoms with Gasteiger partial charge in [-0.05, 0) is 11.8 Å². The predicted molar refractivity (Wildman–Crippen MR) is 122 cm³/mol. The van der Waals surface area contributed by atoms with Gasteiger partial charge in [0.25, 0.3) is 0 Å². The molecular formula is C23H28BF2IrN5. The predicted octanol–water partition coefficient (Wildman–Crippen LogP) is 5.23. The van der Waals surface area contributed by atoms with Gasteiger partial charge in [0.05, 0.1) is 0 Å². The first-order chi connectivity index (χ1) is 14.9. The minimum atomic E-state index is -0.747. The maximum absolute atomic E-state index is 13.2. The van der Waals surface area contributed by atoms with Crippen LogP contribution in [-0.4, -0.2) is 29.5 Å². The van der Waals surface area contributed by atoms with Crippen LogP contribution in [0.4, 0.5) is 8.78 Å². The van der Waals surface area contributed by atoms with Crippen molar-refractivity contribution in [2.24, 2.45) is 14.1 Å². The van der Waals surface area contributed by atoms with Gasteiger partial charge in [-0.1, -0.05) is 37.6 Å². The summed E-state index contributed by atoms with van der Waals surface area (Å²) in [7, 11) is 4.14. The van der Waals surface area contributed by atoms with Crippen LogP contribution >= 0.6 is 0 Å². The Kier molecular flexibility index (Phi) is 9.04. The number of aromatic nitrogens is 5. The molecule has 3 heterocycles. The summed E-state index contributed by atoms with van der Waals surface area (Å²) in [6, 6.07) is 9.53. The number of imidazole rings is 2. The fraction of sp³-hybridized carbons (Fsp3) is 0.261. The molecule has 0 saturated heterocycles. The molecule has 0 saturated carbocycles. The number of rotatable bonds is 5. The topological polar surface area (TPSA) is 32.6 Å². The van der Waals surface area contributed by atoms with Crippen molar-refractivity contribution >= 4 is 6.42 Å². The third-order valence-electron chi connectivity index (χ3n) is 5.78. The minimum absolute atomic E-state index is 0. The Morgan fingerprint density at radius 2 is 1.56 bits per heavy atom. The molecule has 4 aromatic rings. The van der Waals surface area contributed by atoms with E-state index in [-0.39, 0.29) is 25.7 Å². The maximum atomic E-state index is 13.2. The molecule has 0 N–H and O–H groups in total. The van der Waals surface area contributed by atoms with E-state index in [0.717, 1.165) is 24.8 Å². The van der Waals surface area contributed by atoms with E-state index in [1.54, 1.807) is 24.4 Å². The Bertz CT molecular complexity index is 1080. The number of hydrogen-bond donors (Lipinski definition) is 0. The molecular weight excluding hydrogens is 587 g/mol. The van der Waals surface area contributed by atoms with Gasteiger partial charge in [-0.25, -0.2) is 9.13 Å². The van der Waals surface area contributed by atoms with E-state index in [2.05, 4.69) is 94.5 Å². The van der Waals surface area contributed by atoms with Crippen molar-refractivity contribution in [2.75, 3.05) is 0 Å². The smallest absolute Gasteiger partial charge is 0.250 e. The second-order valence-corrected chi connectivity index (χ2v) is 7.76. The van der Waals surface area contributed by atoms with Gasteiger partial charge >= 0.3 is 0 Å². The zero-order valence-electron chi connectivity index (χ0n) is 18.7. The molecule has 0 spiro atoms. The van der Waals surface area contributed by atoms with Crippen LogP contribution in [0, 0.1) is 17.7 Å². The largest absolute Gasteiger partial charge is 0.375 e. The third-order valence-corrected chi connectivity index (χ3v) is 5.78. The maximum Gasteiger partial charge on any atom is 0.250 e. The van der Waals surface area contributed by atoms with Crippen molar-refractivity contribution in [3.8, 4) is 11.3 Å². The Morgan fingerprint density at radius 1 is 0.969 bits per heavy atom. The monoisotopic (exact) mass is 616 g/mol. The fourth-order valence-corrected chi connectivity index (χ4v) is 3.95. The van der Waals surface area contributed by atoms with Gasteiger partial charge in [0.1, 0.15) is 25.0 Å². The van der Waals surface area contributed by atoms with Crippen molar-refractivity contribution in [2.45, 2.75) is 26.5 Å². The molecule has 32 heavy (non-hydrogen) atoms. The Morgan fingerprint density at radius 3 is 1.97 bits per heavy atom. The first-order valence-corrected chi connectivity index (χ1v) is 10.4. The SMILES string of the molecule is CC[B-](CC)(n1ccn(C)[cH+]1)n1ccn(C)[cH+]1.Fc1c[c-]c(-c2ccccn2)c(F)c1.[Ir]. The first kappa shape index (κ1) is 25.6. The second kappa shape index (κ2) is 11.3. The van der Waals surface area contributed by atoms with E-state index >= 15 is 0 Å². The van der Waals surface area contributed by atoms with E-state index < -0.39 is 18.1 Å². The summed E-state index contributed by atoms with van der Waals surface area (Å²) in [5.41, 5.74) is 0.636. The van der Waals surface area contributed by atoms with E-state index in [4.69, 9.17) is 0 Å². The van der Waals surface area contributed by atoms with Gasteiger partial charge in [0, 0.05) is 52.0 Å². The first-order valence-electron chi connectivity index (χ1n) is 10.4. The van der Waals surface area contributed by atoms with Crippen molar-refractivity contribution < 1.29 is 28.9 Å². The molecule has 5 nitrogen and oxygen atoms in total. The summed E-state index contributed by atoms with van der Waals surface area (Å²) in [5, 5.41) is 0. The number of benzene rings is 1. The number of halogens is 2. The summed E-state index contributed by atoms with van der Waals surface area (Å²) >= 11 is 0. The molecule has 0 aliphatic rings. The Labute approximate surface area is 201 Å². The quantitative estimate of drug-likeness (QED) is 0.224. The average Bonchev–Trinajstić information content (AvgIpc) is 3.40. The van der Waals surface area contributed by atoms with Crippen LogP contribution in [0.5, 0.6) is 0 Å². The van der Waals surface area contributed by atoms with E-state index in [9.17, 15) is 8.78 Å². The fourth-order valence-electron chi connectivity index (χ4n) is 3.95. The Balaban J connectivity index is 0.000000224. The molecule has 0 atom stereocenters. The molecule has 0 amide bonds. The molecule has 0 fully saturated rings. The summed E-state index contributed by atoms with van der Waals surface area (Å²) in [6.07, 6.45) is 16.0. The Hall–Kier alpha value is -2.64.